The third-order valence-electron chi connectivity index (χ3n) is 4.57. The number of carboxylic acid groups (broad SMARTS) is 1. The fourth-order valence-corrected chi connectivity index (χ4v) is 3.14. The van der Waals surface area contributed by atoms with Gasteiger partial charge in [0.2, 0.25) is 5.88 Å². The highest BCUT2D eigenvalue weighted by Crippen LogP contribution is 2.28. The molecule has 7 nitrogen and oxygen atoms in total. The van der Waals surface area contributed by atoms with Crippen molar-refractivity contribution in [3.8, 4) is 17.0 Å². The lowest BCUT2D eigenvalue weighted by atomic mass is 10.1. The van der Waals surface area contributed by atoms with Gasteiger partial charge >= 0.3 is 6.16 Å². The van der Waals surface area contributed by atoms with Gasteiger partial charge in [0.15, 0.2) is 5.82 Å². The number of nitrogens with zero attached hydrogens (tertiary/aromatic N) is 4. The molecule has 0 spiro atoms. The lowest BCUT2D eigenvalue weighted by molar-refractivity contribution is 0.143. The van der Waals surface area contributed by atoms with Crippen molar-refractivity contribution in [2.45, 2.75) is 52.5 Å². The number of unbranched alkanes of at least 4 members (excludes halogenated alkanes) is 1. The highest BCUT2D eigenvalue weighted by atomic mass is 16.7. The summed E-state index contributed by atoms with van der Waals surface area (Å²) in [4.78, 5) is 19.6. The highest BCUT2D eigenvalue weighted by molar-refractivity contribution is 5.72. The number of rotatable bonds is 9. The second kappa shape index (κ2) is 9.82. The quantitative estimate of drug-likeness (QED) is 0.527. The standard InChI is InChI=1S/C22H26N4O3/c1-3-5-9-20-24-19(7-4-2)25-26(20)15-16-10-12-17(13-11-16)18-8-6-14-23-21(18)29-22(27)28/h6,8,10-14H,3-5,7,9,15H2,1-2H3,(H,27,28). The third kappa shape index (κ3) is 5.40. The Kier molecular flexibility index (Phi) is 6.94. The molecule has 0 aliphatic heterocycles. The van der Waals surface area contributed by atoms with E-state index in [1.54, 1.807) is 12.1 Å². The molecule has 152 valence electrons. The predicted molar refractivity (Wildman–Crippen MR) is 110 cm³/mol. The smallest absolute Gasteiger partial charge is 0.449 e. The molecule has 0 aliphatic rings. The summed E-state index contributed by atoms with van der Waals surface area (Å²) in [5, 5.41) is 13.6. The minimum Gasteiger partial charge on any atom is -0.449 e. The maximum absolute atomic E-state index is 10.9. The molecular formula is C22H26N4O3. The molecular weight excluding hydrogens is 368 g/mol. The van der Waals surface area contributed by atoms with E-state index >= 15 is 0 Å². The number of aryl methyl sites for hydroxylation is 2. The Morgan fingerprint density at radius 1 is 1.10 bits per heavy atom. The summed E-state index contributed by atoms with van der Waals surface area (Å²) in [6.07, 6.45) is 5.18. The Hall–Kier alpha value is -3.22. The van der Waals surface area contributed by atoms with Crippen LogP contribution in [0.4, 0.5) is 4.79 Å². The minimum absolute atomic E-state index is 0.0788. The van der Waals surface area contributed by atoms with Crippen molar-refractivity contribution < 1.29 is 14.6 Å². The van der Waals surface area contributed by atoms with E-state index in [2.05, 4.69) is 23.9 Å². The monoisotopic (exact) mass is 394 g/mol. The van der Waals surface area contributed by atoms with Crippen molar-refractivity contribution in [1.82, 2.24) is 19.7 Å². The number of hydrogen-bond acceptors (Lipinski definition) is 5. The number of aromatic nitrogens is 4. The maximum Gasteiger partial charge on any atom is 0.512 e. The summed E-state index contributed by atoms with van der Waals surface area (Å²) in [7, 11) is 0. The Morgan fingerprint density at radius 2 is 1.90 bits per heavy atom. The molecule has 2 heterocycles. The summed E-state index contributed by atoms with van der Waals surface area (Å²) >= 11 is 0. The molecule has 0 saturated heterocycles. The van der Waals surface area contributed by atoms with Crippen molar-refractivity contribution in [3.63, 3.8) is 0 Å². The van der Waals surface area contributed by atoms with Gasteiger partial charge in [-0.3, -0.25) is 0 Å². The van der Waals surface area contributed by atoms with Gasteiger partial charge in [-0.1, -0.05) is 44.5 Å². The molecule has 1 N–H and O–H groups in total. The van der Waals surface area contributed by atoms with Crippen LogP contribution in [0.1, 0.15) is 50.3 Å². The average Bonchev–Trinajstić information content (AvgIpc) is 3.08. The van der Waals surface area contributed by atoms with E-state index in [0.29, 0.717) is 12.1 Å². The zero-order chi connectivity index (χ0) is 20.6. The molecule has 0 unspecified atom stereocenters. The first kappa shape index (κ1) is 20.5. The molecule has 2 aromatic heterocycles. The van der Waals surface area contributed by atoms with Crippen molar-refractivity contribution in [2.24, 2.45) is 0 Å². The minimum atomic E-state index is -1.38. The summed E-state index contributed by atoms with van der Waals surface area (Å²) in [6, 6.07) is 11.4. The van der Waals surface area contributed by atoms with E-state index in [1.165, 1.54) is 6.20 Å². The maximum atomic E-state index is 10.9. The van der Waals surface area contributed by atoms with Gasteiger partial charge in [-0.15, -0.1) is 0 Å². The van der Waals surface area contributed by atoms with Gasteiger partial charge in [-0.2, -0.15) is 5.10 Å². The summed E-state index contributed by atoms with van der Waals surface area (Å²) in [5.74, 6) is 2.01. The van der Waals surface area contributed by atoms with Crippen LogP contribution in [0.2, 0.25) is 0 Å². The molecule has 0 bridgehead atoms. The predicted octanol–water partition coefficient (Wildman–Crippen LogP) is 4.74. The van der Waals surface area contributed by atoms with Crippen LogP contribution in [0.5, 0.6) is 5.88 Å². The molecule has 0 fully saturated rings. The number of pyridine rings is 1. The Morgan fingerprint density at radius 3 is 2.59 bits per heavy atom. The van der Waals surface area contributed by atoms with Crippen LogP contribution in [-0.4, -0.2) is 31.0 Å². The van der Waals surface area contributed by atoms with Gasteiger partial charge in [-0.25, -0.2) is 19.4 Å². The van der Waals surface area contributed by atoms with Crippen molar-refractivity contribution in [3.05, 3.63) is 59.8 Å². The molecule has 0 radical (unpaired) electrons. The van der Waals surface area contributed by atoms with Crippen LogP contribution in [-0.2, 0) is 19.4 Å². The van der Waals surface area contributed by atoms with Gasteiger partial charge in [-0.05, 0) is 36.1 Å². The van der Waals surface area contributed by atoms with E-state index in [1.807, 2.05) is 28.9 Å². The fourth-order valence-electron chi connectivity index (χ4n) is 3.14. The van der Waals surface area contributed by atoms with E-state index in [9.17, 15) is 4.79 Å². The summed E-state index contributed by atoms with van der Waals surface area (Å²) in [5.41, 5.74) is 2.58. The molecule has 3 rings (SSSR count). The van der Waals surface area contributed by atoms with Gasteiger partial charge in [0.05, 0.1) is 6.54 Å². The van der Waals surface area contributed by atoms with Crippen molar-refractivity contribution in [1.29, 1.82) is 0 Å². The Balaban J connectivity index is 1.80. The lowest BCUT2D eigenvalue weighted by Crippen LogP contribution is -2.07. The van der Waals surface area contributed by atoms with E-state index < -0.39 is 6.16 Å². The largest absolute Gasteiger partial charge is 0.512 e. The first-order chi connectivity index (χ1) is 14.1. The first-order valence-electron chi connectivity index (χ1n) is 9.98. The van der Waals surface area contributed by atoms with Crippen LogP contribution in [0, 0.1) is 0 Å². The molecule has 0 aliphatic carbocycles. The highest BCUT2D eigenvalue weighted by Gasteiger charge is 2.12. The fraction of sp³-hybridized carbons (Fsp3) is 0.364. The zero-order valence-corrected chi connectivity index (χ0v) is 16.8. The molecule has 3 aromatic rings. The Labute approximate surface area is 170 Å². The van der Waals surface area contributed by atoms with Gasteiger partial charge in [0, 0.05) is 24.6 Å². The first-order valence-corrected chi connectivity index (χ1v) is 9.98. The van der Waals surface area contributed by atoms with Gasteiger partial charge < -0.3 is 9.84 Å². The third-order valence-corrected chi connectivity index (χ3v) is 4.57. The second-order valence-electron chi connectivity index (χ2n) is 6.88. The van der Waals surface area contributed by atoms with E-state index in [0.717, 1.165) is 54.9 Å². The summed E-state index contributed by atoms with van der Waals surface area (Å²) < 4.78 is 6.79. The zero-order valence-electron chi connectivity index (χ0n) is 16.8. The lowest BCUT2D eigenvalue weighted by Gasteiger charge is -2.09. The van der Waals surface area contributed by atoms with Gasteiger partial charge in [0.1, 0.15) is 5.82 Å². The number of hydrogen-bond donors (Lipinski definition) is 1. The van der Waals surface area contributed by atoms with E-state index in [4.69, 9.17) is 14.8 Å². The van der Waals surface area contributed by atoms with Crippen LogP contribution in [0.15, 0.2) is 42.6 Å². The number of benzene rings is 1. The van der Waals surface area contributed by atoms with Crippen molar-refractivity contribution >= 4 is 6.16 Å². The summed E-state index contributed by atoms with van der Waals surface area (Å²) in [6.45, 7) is 4.96. The van der Waals surface area contributed by atoms with Gasteiger partial charge in [0.25, 0.3) is 0 Å². The molecule has 7 heteroatoms. The Bertz CT molecular complexity index is 951. The molecule has 0 atom stereocenters. The van der Waals surface area contributed by atoms with Crippen LogP contribution < -0.4 is 4.74 Å². The SMILES string of the molecule is CCCCc1nc(CCC)nn1Cc1ccc(-c2cccnc2OC(=O)O)cc1. The average molecular weight is 394 g/mol. The van der Waals surface area contributed by atoms with Crippen molar-refractivity contribution in [2.75, 3.05) is 0 Å². The topological polar surface area (TPSA) is 90.1 Å². The molecule has 0 saturated carbocycles. The number of carbonyl (C=O) groups is 1. The van der Waals surface area contributed by atoms with Crippen LogP contribution >= 0.6 is 0 Å². The molecule has 29 heavy (non-hydrogen) atoms. The normalized spacial score (nSPS) is 10.8. The van der Waals surface area contributed by atoms with Crippen LogP contribution in [0.3, 0.4) is 0 Å². The van der Waals surface area contributed by atoms with Crippen LogP contribution in [0.25, 0.3) is 11.1 Å². The molecule has 1 aromatic carbocycles. The molecule has 0 amide bonds. The second-order valence-corrected chi connectivity index (χ2v) is 6.88. The number of ether oxygens (including phenoxy) is 1. The van der Waals surface area contributed by atoms with E-state index in [-0.39, 0.29) is 5.88 Å².